The van der Waals surface area contributed by atoms with Crippen molar-refractivity contribution in [2.45, 2.75) is 18.4 Å². The van der Waals surface area contributed by atoms with Crippen molar-refractivity contribution in [3.05, 3.63) is 42.4 Å². The number of hydrogen-bond acceptors (Lipinski definition) is 7. The van der Waals surface area contributed by atoms with Gasteiger partial charge in [-0.05, 0) is 37.2 Å². The van der Waals surface area contributed by atoms with Crippen LogP contribution in [0.1, 0.15) is 16.8 Å². The summed E-state index contributed by atoms with van der Waals surface area (Å²) in [4.78, 5) is 18.2. The second kappa shape index (κ2) is 8.20. The molecule has 1 atom stereocenters. The van der Waals surface area contributed by atoms with Crippen LogP contribution in [-0.2, 0) is 0 Å². The highest BCUT2D eigenvalue weighted by Gasteiger charge is 2.44. The van der Waals surface area contributed by atoms with E-state index in [-0.39, 0.29) is 30.7 Å². The molecule has 1 saturated heterocycles. The summed E-state index contributed by atoms with van der Waals surface area (Å²) in [5.41, 5.74) is 3.22. The zero-order chi connectivity index (χ0) is 24.0. The molecule has 5 rings (SSSR count). The van der Waals surface area contributed by atoms with Gasteiger partial charge in [0.05, 0.1) is 37.0 Å². The van der Waals surface area contributed by atoms with E-state index in [1.165, 1.54) is 13.3 Å². The van der Waals surface area contributed by atoms with Crippen molar-refractivity contribution in [3.8, 4) is 17.0 Å². The van der Waals surface area contributed by atoms with Crippen LogP contribution in [0.5, 0.6) is 5.88 Å². The van der Waals surface area contributed by atoms with Crippen LogP contribution in [0, 0.1) is 0 Å². The van der Waals surface area contributed by atoms with E-state index in [0.29, 0.717) is 23.1 Å². The smallest absolute Gasteiger partial charge is 0.280 e. The molecular weight excluding hydrogens is 446 g/mol. The number of piperidine rings is 1. The Morgan fingerprint density at radius 1 is 1.26 bits per heavy atom. The standard InChI is InChI=1S/C22H24F2N8O2/c1-25-19(33)15-11-26-31-8-4-13(10-16(15)31)14-5-9-32-18(14)20(34-3)28-21(29-32)27-17-6-7-30(2)12-22(17,23)24/h4-5,8-11,17H,6-7,12H2,1-3H3,(H,25,33)(H,27,29)/t17-/m1/s1. The molecule has 0 unspecified atom stereocenters. The number of hydrogen-bond donors (Lipinski definition) is 2. The summed E-state index contributed by atoms with van der Waals surface area (Å²) in [5.74, 6) is -2.84. The lowest BCUT2D eigenvalue weighted by molar-refractivity contribution is -0.0675. The fourth-order valence-corrected chi connectivity index (χ4v) is 4.33. The number of anilines is 1. The number of aromatic nitrogens is 5. The first-order chi connectivity index (χ1) is 16.3. The monoisotopic (exact) mass is 470 g/mol. The highest BCUT2D eigenvalue weighted by molar-refractivity contribution is 6.01. The van der Waals surface area contributed by atoms with E-state index in [2.05, 4.69) is 25.8 Å². The second-order valence-corrected chi connectivity index (χ2v) is 8.33. The molecule has 4 aromatic rings. The number of alkyl halides is 2. The van der Waals surface area contributed by atoms with Crippen LogP contribution < -0.4 is 15.4 Å². The zero-order valence-electron chi connectivity index (χ0n) is 18.9. The molecule has 5 heterocycles. The van der Waals surface area contributed by atoms with Crippen molar-refractivity contribution in [2.75, 3.05) is 39.6 Å². The van der Waals surface area contributed by atoms with Crippen molar-refractivity contribution >= 4 is 22.9 Å². The van der Waals surface area contributed by atoms with Crippen LogP contribution in [-0.4, -0.2) is 81.3 Å². The molecule has 0 bridgehead atoms. The average Bonchev–Trinajstić information content (AvgIpc) is 3.43. The number of halogens is 2. The van der Waals surface area contributed by atoms with Crippen molar-refractivity contribution in [1.29, 1.82) is 0 Å². The highest BCUT2D eigenvalue weighted by Crippen LogP contribution is 2.33. The van der Waals surface area contributed by atoms with Crippen LogP contribution in [0.2, 0.25) is 0 Å². The maximum Gasteiger partial charge on any atom is 0.280 e. The normalized spacial score (nSPS) is 18.3. The van der Waals surface area contributed by atoms with E-state index in [9.17, 15) is 13.6 Å². The molecule has 0 aromatic carbocycles. The van der Waals surface area contributed by atoms with Crippen LogP contribution in [0.15, 0.2) is 36.8 Å². The number of amides is 1. The van der Waals surface area contributed by atoms with Gasteiger partial charge in [-0.15, -0.1) is 5.10 Å². The lowest BCUT2D eigenvalue weighted by Gasteiger charge is -2.36. The summed E-state index contributed by atoms with van der Waals surface area (Å²) < 4.78 is 37.7. The molecule has 0 saturated carbocycles. The third-order valence-corrected chi connectivity index (χ3v) is 6.07. The fourth-order valence-electron chi connectivity index (χ4n) is 4.33. The summed E-state index contributed by atoms with van der Waals surface area (Å²) in [7, 11) is 4.71. The largest absolute Gasteiger partial charge is 0.479 e. The van der Waals surface area contributed by atoms with Gasteiger partial charge in [0.15, 0.2) is 0 Å². The van der Waals surface area contributed by atoms with Gasteiger partial charge < -0.3 is 20.3 Å². The maximum absolute atomic E-state index is 14.5. The summed E-state index contributed by atoms with van der Waals surface area (Å²) in [6.07, 6.45) is 5.25. The fraction of sp³-hybridized carbons (Fsp3) is 0.364. The van der Waals surface area contributed by atoms with Gasteiger partial charge in [-0.1, -0.05) is 0 Å². The van der Waals surface area contributed by atoms with E-state index < -0.39 is 12.0 Å². The van der Waals surface area contributed by atoms with E-state index >= 15 is 0 Å². The molecule has 0 radical (unpaired) electrons. The Bertz CT molecular complexity index is 1380. The molecule has 0 aliphatic carbocycles. The number of fused-ring (bicyclic) bond motifs is 2. The Labute approximate surface area is 193 Å². The molecule has 1 fully saturated rings. The Hall–Kier alpha value is -3.80. The van der Waals surface area contributed by atoms with E-state index in [1.54, 1.807) is 40.4 Å². The number of pyridine rings is 1. The van der Waals surface area contributed by atoms with Crippen LogP contribution in [0.3, 0.4) is 0 Å². The number of carbonyl (C=O) groups is 1. The Morgan fingerprint density at radius 2 is 2.06 bits per heavy atom. The summed E-state index contributed by atoms with van der Waals surface area (Å²) in [6.45, 7) is 0.224. The van der Waals surface area contributed by atoms with E-state index in [0.717, 1.165) is 11.1 Å². The summed E-state index contributed by atoms with van der Waals surface area (Å²) >= 11 is 0. The minimum Gasteiger partial charge on any atom is -0.479 e. The van der Waals surface area contributed by atoms with Crippen LogP contribution in [0.4, 0.5) is 14.7 Å². The number of nitrogens with one attached hydrogen (secondary N) is 2. The molecule has 10 nitrogen and oxygen atoms in total. The van der Waals surface area contributed by atoms with E-state index in [4.69, 9.17) is 4.74 Å². The first kappa shape index (κ1) is 22.0. The van der Waals surface area contributed by atoms with Gasteiger partial charge in [-0.3, -0.25) is 4.79 Å². The number of nitrogens with zero attached hydrogens (tertiary/aromatic N) is 6. The first-order valence-corrected chi connectivity index (χ1v) is 10.8. The minimum absolute atomic E-state index is 0.0638. The Balaban J connectivity index is 1.54. The maximum atomic E-state index is 14.5. The number of ether oxygens (including phenoxy) is 1. The average molecular weight is 470 g/mol. The molecular formula is C22H24F2N8O2. The summed E-state index contributed by atoms with van der Waals surface area (Å²) in [6, 6.07) is 4.46. The zero-order valence-corrected chi connectivity index (χ0v) is 18.9. The Kier molecular flexibility index (Phi) is 5.31. The third kappa shape index (κ3) is 3.69. The van der Waals surface area contributed by atoms with E-state index in [1.807, 2.05) is 18.2 Å². The highest BCUT2D eigenvalue weighted by atomic mass is 19.3. The van der Waals surface area contributed by atoms with Gasteiger partial charge >= 0.3 is 0 Å². The molecule has 34 heavy (non-hydrogen) atoms. The topological polar surface area (TPSA) is 101 Å². The lowest BCUT2D eigenvalue weighted by atomic mass is 10.0. The number of carbonyl (C=O) groups excluding carboxylic acids is 1. The molecule has 1 aliphatic rings. The molecule has 0 spiro atoms. The van der Waals surface area contributed by atoms with Gasteiger partial charge in [0.25, 0.3) is 11.8 Å². The number of rotatable bonds is 5. The Morgan fingerprint density at radius 3 is 2.79 bits per heavy atom. The van der Waals surface area contributed by atoms with Gasteiger partial charge in [-0.25, -0.2) is 17.8 Å². The SMILES string of the molecule is CNC(=O)c1cnn2ccc(-c3ccn4nc(N[C@@H]5CCN(C)CC5(F)F)nc(OC)c34)cc12. The minimum atomic E-state index is -2.91. The van der Waals surface area contributed by atoms with Crippen molar-refractivity contribution in [3.63, 3.8) is 0 Å². The number of likely N-dealkylation sites (tertiary alicyclic amines) is 1. The van der Waals surface area contributed by atoms with Gasteiger partial charge in [0, 0.05) is 31.5 Å². The molecule has 1 aliphatic heterocycles. The van der Waals surface area contributed by atoms with Crippen molar-refractivity contribution in [1.82, 2.24) is 34.4 Å². The number of methoxy groups -OCH3 is 1. The molecule has 12 heteroatoms. The lowest BCUT2D eigenvalue weighted by Crippen LogP contribution is -2.53. The van der Waals surface area contributed by atoms with Gasteiger partial charge in [0.1, 0.15) is 5.52 Å². The molecule has 4 aromatic heterocycles. The van der Waals surface area contributed by atoms with Crippen LogP contribution in [0.25, 0.3) is 22.2 Å². The third-order valence-electron chi connectivity index (χ3n) is 6.07. The molecule has 178 valence electrons. The van der Waals surface area contributed by atoms with Gasteiger partial charge in [-0.2, -0.15) is 10.1 Å². The van der Waals surface area contributed by atoms with Gasteiger partial charge in [0.2, 0.25) is 11.8 Å². The van der Waals surface area contributed by atoms with Crippen LogP contribution >= 0.6 is 0 Å². The molecule has 2 N–H and O–H groups in total. The predicted molar refractivity (Wildman–Crippen MR) is 122 cm³/mol. The summed E-state index contributed by atoms with van der Waals surface area (Å²) in [5, 5.41) is 14.0. The quantitative estimate of drug-likeness (QED) is 0.461. The molecule has 1 amide bonds. The van der Waals surface area contributed by atoms with Crippen molar-refractivity contribution < 1.29 is 18.3 Å². The first-order valence-electron chi connectivity index (χ1n) is 10.8. The second-order valence-electron chi connectivity index (χ2n) is 8.33. The van der Waals surface area contributed by atoms with Crippen molar-refractivity contribution in [2.24, 2.45) is 0 Å². The predicted octanol–water partition coefficient (Wildman–Crippen LogP) is 2.16.